The molecule has 0 amide bonds. The number of nitrogens with one attached hydrogen (secondary N) is 2. The van der Waals surface area contributed by atoms with Gasteiger partial charge in [0.25, 0.3) is 0 Å². The second-order valence-corrected chi connectivity index (χ2v) is 6.10. The Hall–Kier alpha value is -1.56. The van der Waals surface area contributed by atoms with Gasteiger partial charge in [-0.15, -0.1) is 24.0 Å². The van der Waals surface area contributed by atoms with Gasteiger partial charge in [0.2, 0.25) is 0 Å². The Morgan fingerprint density at radius 3 is 2.54 bits per heavy atom. The molecule has 0 bridgehead atoms. The first-order valence-electron chi connectivity index (χ1n) is 8.45. The molecule has 128 valence electrons. The molecule has 2 atom stereocenters. The van der Waals surface area contributed by atoms with Gasteiger partial charge in [0.05, 0.1) is 6.04 Å². The average Bonchev–Trinajstić information content (AvgIpc) is 2.56. The molecule has 0 spiro atoms. The quantitative estimate of drug-likeness (QED) is 0.418. The molecule has 2 N–H and O–H groups in total. The predicted octanol–water partition coefficient (Wildman–Crippen LogP) is 4.26. The standard InChI is InChI=1S/C20H25N3.HI/c1-3-21-20(23-15(2)16-9-5-4-6-10-16)22-14-18-13-17-11-7-8-12-19(17)18;/h4-12,15,18H,3,13-14H2,1-2H3,(H2,21,22,23);1H. The number of halogens is 1. The van der Waals surface area contributed by atoms with Crippen LogP contribution in [-0.4, -0.2) is 19.0 Å². The Kier molecular flexibility index (Phi) is 7.09. The highest BCUT2D eigenvalue weighted by molar-refractivity contribution is 14.0. The summed E-state index contributed by atoms with van der Waals surface area (Å²) >= 11 is 0. The zero-order valence-corrected chi connectivity index (χ0v) is 16.7. The second-order valence-electron chi connectivity index (χ2n) is 6.10. The molecule has 24 heavy (non-hydrogen) atoms. The Morgan fingerprint density at radius 1 is 1.12 bits per heavy atom. The van der Waals surface area contributed by atoms with Crippen molar-refractivity contribution in [1.82, 2.24) is 10.6 Å². The van der Waals surface area contributed by atoms with Crippen molar-refractivity contribution in [3.8, 4) is 0 Å². The fourth-order valence-electron chi connectivity index (χ4n) is 3.08. The van der Waals surface area contributed by atoms with Crippen LogP contribution < -0.4 is 10.6 Å². The lowest BCUT2D eigenvalue weighted by molar-refractivity contribution is 0.609. The normalized spacial score (nSPS) is 17.1. The largest absolute Gasteiger partial charge is 0.357 e. The van der Waals surface area contributed by atoms with Gasteiger partial charge >= 0.3 is 0 Å². The van der Waals surface area contributed by atoms with E-state index in [-0.39, 0.29) is 30.0 Å². The molecule has 0 saturated carbocycles. The van der Waals surface area contributed by atoms with Crippen LogP contribution in [0.15, 0.2) is 59.6 Å². The Labute approximate surface area is 162 Å². The van der Waals surface area contributed by atoms with E-state index in [4.69, 9.17) is 4.99 Å². The van der Waals surface area contributed by atoms with Gasteiger partial charge in [-0.05, 0) is 37.0 Å². The number of rotatable bonds is 5. The van der Waals surface area contributed by atoms with Crippen LogP contribution in [0.5, 0.6) is 0 Å². The summed E-state index contributed by atoms with van der Waals surface area (Å²) in [6.07, 6.45) is 1.15. The number of hydrogen-bond donors (Lipinski definition) is 2. The lowest BCUT2D eigenvalue weighted by Crippen LogP contribution is -2.39. The molecule has 3 nitrogen and oxygen atoms in total. The van der Waals surface area contributed by atoms with Crippen molar-refractivity contribution in [2.75, 3.05) is 13.1 Å². The van der Waals surface area contributed by atoms with Gasteiger partial charge in [0.15, 0.2) is 5.96 Å². The second kappa shape index (κ2) is 9.06. The summed E-state index contributed by atoms with van der Waals surface area (Å²) in [4.78, 5) is 4.79. The van der Waals surface area contributed by atoms with Crippen LogP contribution in [0.4, 0.5) is 0 Å². The van der Waals surface area contributed by atoms with Crippen molar-refractivity contribution in [1.29, 1.82) is 0 Å². The molecule has 0 saturated heterocycles. The van der Waals surface area contributed by atoms with Crippen LogP contribution in [-0.2, 0) is 6.42 Å². The Morgan fingerprint density at radius 2 is 1.83 bits per heavy atom. The van der Waals surface area contributed by atoms with Gasteiger partial charge in [-0.1, -0.05) is 54.6 Å². The number of benzene rings is 2. The van der Waals surface area contributed by atoms with Crippen molar-refractivity contribution in [2.45, 2.75) is 32.2 Å². The van der Waals surface area contributed by atoms with Crippen LogP contribution in [0.1, 0.15) is 42.5 Å². The first-order valence-corrected chi connectivity index (χ1v) is 8.45. The third-order valence-electron chi connectivity index (χ3n) is 4.43. The van der Waals surface area contributed by atoms with E-state index in [1.165, 1.54) is 16.7 Å². The molecule has 3 rings (SSSR count). The van der Waals surface area contributed by atoms with E-state index < -0.39 is 0 Å². The Balaban J connectivity index is 0.00000208. The fourth-order valence-corrected chi connectivity index (χ4v) is 3.08. The summed E-state index contributed by atoms with van der Waals surface area (Å²) in [6, 6.07) is 19.4. The molecule has 0 aliphatic heterocycles. The topological polar surface area (TPSA) is 36.4 Å². The maximum atomic E-state index is 4.79. The number of fused-ring (bicyclic) bond motifs is 1. The van der Waals surface area contributed by atoms with Crippen LogP contribution >= 0.6 is 24.0 Å². The minimum atomic E-state index is 0. The third-order valence-corrected chi connectivity index (χ3v) is 4.43. The van der Waals surface area contributed by atoms with Gasteiger partial charge < -0.3 is 10.6 Å². The maximum Gasteiger partial charge on any atom is 0.191 e. The summed E-state index contributed by atoms with van der Waals surface area (Å²) in [5.41, 5.74) is 4.21. The molecule has 0 radical (unpaired) electrons. The highest BCUT2D eigenvalue weighted by atomic mass is 127. The molecular formula is C20H26IN3. The number of hydrogen-bond acceptors (Lipinski definition) is 1. The smallest absolute Gasteiger partial charge is 0.191 e. The molecule has 2 aromatic rings. The first-order chi connectivity index (χ1) is 11.3. The average molecular weight is 435 g/mol. The van der Waals surface area contributed by atoms with Gasteiger partial charge in [0, 0.05) is 19.0 Å². The molecular weight excluding hydrogens is 409 g/mol. The molecule has 4 heteroatoms. The highest BCUT2D eigenvalue weighted by Gasteiger charge is 2.24. The van der Waals surface area contributed by atoms with Crippen LogP contribution in [0.25, 0.3) is 0 Å². The van der Waals surface area contributed by atoms with E-state index in [1.54, 1.807) is 0 Å². The van der Waals surface area contributed by atoms with E-state index in [9.17, 15) is 0 Å². The summed E-state index contributed by atoms with van der Waals surface area (Å²) in [6.45, 7) is 5.98. The number of nitrogens with zero attached hydrogens (tertiary/aromatic N) is 1. The van der Waals surface area contributed by atoms with Gasteiger partial charge in [-0.2, -0.15) is 0 Å². The summed E-state index contributed by atoms with van der Waals surface area (Å²) in [7, 11) is 0. The van der Waals surface area contributed by atoms with Crippen molar-refractivity contribution < 1.29 is 0 Å². The maximum absolute atomic E-state index is 4.79. The van der Waals surface area contributed by atoms with E-state index in [0.717, 1.165) is 25.5 Å². The summed E-state index contributed by atoms with van der Waals surface area (Å²) in [5.74, 6) is 1.46. The number of guanidine groups is 1. The molecule has 1 aliphatic carbocycles. The molecule has 0 fully saturated rings. The highest BCUT2D eigenvalue weighted by Crippen LogP contribution is 2.34. The minimum absolute atomic E-state index is 0. The SMILES string of the molecule is CCNC(=NCC1Cc2ccccc21)NC(C)c1ccccc1.I. The lowest BCUT2D eigenvalue weighted by atomic mass is 9.78. The summed E-state index contributed by atoms with van der Waals surface area (Å²) < 4.78 is 0. The van der Waals surface area contributed by atoms with Gasteiger partial charge in [0.1, 0.15) is 0 Å². The van der Waals surface area contributed by atoms with E-state index in [1.807, 2.05) is 6.07 Å². The van der Waals surface area contributed by atoms with E-state index in [0.29, 0.717) is 5.92 Å². The van der Waals surface area contributed by atoms with Gasteiger partial charge in [-0.25, -0.2) is 0 Å². The molecule has 0 aromatic heterocycles. The van der Waals surface area contributed by atoms with Crippen molar-refractivity contribution >= 4 is 29.9 Å². The zero-order valence-electron chi connectivity index (χ0n) is 14.3. The van der Waals surface area contributed by atoms with Crippen LogP contribution in [0, 0.1) is 0 Å². The fraction of sp³-hybridized carbons (Fsp3) is 0.350. The Bertz CT molecular complexity index is 670. The van der Waals surface area contributed by atoms with E-state index in [2.05, 4.69) is 73.0 Å². The van der Waals surface area contributed by atoms with Crippen LogP contribution in [0.2, 0.25) is 0 Å². The predicted molar refractivity (Wildman–Crippen MR) is 112 cm³/mol. The molecule has 2 aromatic carbocycles. The first kappa shape index (κ1) is 18.8. The number of aliphatic imine (C=N–C) groups is 1. The minimum Gasteiger partial charge on any atom is -0.357 e. The molecule has 0 heterocycles. The lowest BCUT2D eigenvalue weighted by Gasteiger charge is -2.29. The van der Waals surface area contributed by atoms with E-state index >= 15 is 0 Å². The zero-order chi connectivity index (χ0) is 16.1. The molecule has 2 unspecified atom stereocenters. The van der Waals surface area contributed by atoms with Crippen LogP contribution in [0.3, 0.4) is 0 Å². The van der Waals surface area contributed by atoms with Crippen molar-refractivity contribution in [2.24, 2.45) is 4.99 Å². The van der Waals surface area contributed by atoms with Gasteiger partial charge in [-0.3, -0.25) is 4.99 Å². The van der Waals surface area contributed by atoms with Crippen molar-refractivity contribution in [3.63, 3.8) is 0 Å². The monoisotopic (exact) mass is 435 g/mol. The third kappa shape index (κ3) is 4.50. The summed E-state index contributed by atoms with van der Waals surface area (Å²) in [5, 5.41) is 6.85. The molecule has 1 aliphatic rings. The van der Waals surface area contributed by atoms with Crippen molar-refractivity contribution in [3.05, 3.63) is 71.3 Å².